The minimum Gasteiger partial charge on any atom is -0.480 e. The molecular weight excluding hydrogens is 220 g/mol. The predicted molar refractivity (Wildman–Crippen MR) is 64.9 cm³/mol. The van der Waals surface area contributed by atoms with Crippen LogP contribution < -0.4 is 0 Å². The molecule has 0 aromatic rings. The van der Waals surface area contributed by atoms with Crippen LogP contribution in [0.15, 0.2) is 0 Å². The summed E-state index contributed by atoms with van der Waals surface area (Å²) >= 11 is 0. The quantitative estimate of drug-likeness (QED) is 0.772. The highest BCUT2D eigenvalue weighted by Gasteiger charge is 2.36. The SMILES string of the molecule is CCCN(C(=O)N(C)C(CC)C(=O)O)C1CC1. The van der Waals surface area contributed by atoms with Crippen LogP contribution in [-0.4, -0.2) is 52.6 Å². The van der Waals surface area contributed by atoms with E-state index in [4.69, 9.17) is 5.11 Å². The number of carbonyl (C=O) groups excluding carboxylic acids is 1. The Balaban J connectivity index is 2.68. The van der Waals surface area contributed by atoms with E-state index >= 15 is 0 Å². The fourth-order valence-electron chi connectivity index (χ4n) is 2.01. The highest BCUT2D eigenvalue weighted by Crippen LogP contribution is 2.28. The fraction of sp³-hybridized carbons (Fsp3) is 0.833. The third kappa shape index (κ3) is 3.35. The Kier molecular flexibility index (Phi) is 4.78. The largest absolute Gasteiger partial charge is 0.480 e. The average Bonchev–Trinajstić information content (AvgIpc) is 3.09. The molecule has 0 saturated heterocycles. The lowest BCUT2D eigenvalue weighted by Crippen LogP contribution is -2.49. The molecule has 1 saturated carbocycles. The molecule has 0 spiro atoms. The first-order valence-electron chi connectivity index (χ1n) is 6.29. The molecule has 5 heteroatoms. The van der Waals surface area contributed by atoms with Crippen molar-refractivity contribution in [3.63, 3.8) is 0 Å². The second kappa shape index (κ2) is 5.89. The van der Waals surface area contributed by atoms with E-state index < -0.39 is 12.0 Å². The van der Waals surface area contributed by atoms with E-state index in [1.165, 1.54) is 4.90 Å². The van der Waals surface area contributed by atoms with Crippen LogP contribution in [0, 0.1) is 0 Å². The molecule has 5 nitrogen and oxygen atoms in total. The first-order valence-corrected chi connectivity index (χ1v) is 6.29. The van der Waals surface area contributed by atoms with Gasteiger partial charge >= 0.3 is 12.0 Å². The van der Waals surface area contributed by atoms with Crippen molar-refractivity contribution in [2.45, 2.75) is 51.6 Å². The number of carboxylic acid groups (broad SMARTS) is 1. The third-order valence-corrected chi connectivity index (χ3v) is 3.14. The molecule has 0 bridgehead atoms. The normalized spacial score (nSPS) is 16.4. The monoisotopic (exact) mass is 242 g/mol. The Bertz CT molecular complexity index is 289. The number of carbonyl (C=O) groups is 2. The number of carboxylic acids is 1. The van der Waals surface area contributed by atoms with Gasteiger partial charge in [-0.15, -0.1) is 0 Å². The van der Waals surface area contributed by atoms with Crippen molar-refractivity contribution in [2.24, 2.45) is 0 Å². The molecule has 1 fully saturated rings. The summed E-state index contributed by atoms with van der Waals surface area (Å²) in [6.07, 6.45) is 3.43. The summed E-state index contributed by atoms with van der Waals surface area (Å²) in [6, 6.07) is -0.541. The first-order chi connectivity index (χ1) is 8.02. The minimum atomic E-state index is -0.935. The molecule has 98 valence electrons. The van der Waals surface area contributed by atoms with E-state index in [0.29, 0.717) is 19.0 Å². The molecule has 1 aliphatic carbocycles. The number of aliphatic carboxylic acids is 1. The zero-order valence-corrected chi connectivity index (χ0v) is 10.8. The number of urea groups is 1. The van der Waals surface area contributed by atoms with Crippen LogP contribution >= 0.6 is 0 Å². The zero-order valence-electron chi connectivity index (χ0n) is 10.8. The van der Waals surface area contributed by atoms with Gasteiger partial charge < -0.3 is 14.9 Å². The molecule has 0 radical (unpaired) electrons. The number of nitrogens with zero attached hydrogens (tertiary/aromatic N) is 2. The van der Waals surface area contributed by atoms with Crippen molar-refractivity contribution in [1.29, 1.82) is 0 Å². The van der Waals surface area contributed by atoms with E-state index in [0.717, 1.165) is 19.3 Å². The lowest BCUT2D eigenvalue weighted by Gasteiger charge is -2.31. The van der Waals surface area contributed by atoms with Crippen molar-refractivity contribution >= 4 is 12.0 Å². The second-order valence-electron chi connectivity index (χ2n) is 4.58. The minimum absolute atomic E-state index is 0.149. The Morgan fingerprint density at radius 2 is 1.94 bits per heavy atom. The summed E-state index contributed by atoms with van der Waals surface area (Å²) in [5, 5.41) is 9.05. The lowest BCUT2D eigenvalue weighted by molar-refractivity contribution is -0.142. The van der Waals surface area contributed by atoms with Gasteiger partial charge in [0, 0.05) is 19.6 Å². The number of hydrogen-bond donors (Lipinski definition) is 1. The van der Waals surface area contributed by atoms with Gasteiger partial charge in [0.25, 0.3) is 0 Å². The molecular formula is C12H22N2O3. The molecule has 2 amide bonds. The summed E-state index contributed by atoms with van der Waals surface area (Å²) < 4.78 is 0. The summed E-state index contributed by atoms with van der Waals surface area (Å²) in [5.74, 6) is -0.935. The standard InChI is InChI=1S/C12H22N2O3/c1-4-8-14(9-6-7-9)12(17)13(3)10(5-2)11(15)16/h9-10H,4-8H2,1-3H3,(H,15,16). The van der Waals surface area contributed by atoms with Crippen LogP contribution in [0.3, 0.4) is 0 Å². The van der Waals surface area contributed by atoms with Gasteiger partial charge in [-0.25, -0.2) is 9.59 Å². The zero-order chi connectivity index (χ0) is 13.0. The van der Waals surface area contributed by atoms with E-state index in [1.807, 2.05) is 11.8 Å². The maximum atomic E-state index is 12.2. The molecule has 17 heavy (non-hydrogen) atoms. The van der Waals surface area contributed by atoms with Crippen molar-refractivity contribution in [2.75, 3.05) is 13.6 Å². The topological polar surface area (TPSA) is 60.9 Å². The number of rotatable bonds is 6. The number of hydrogen-bond acceptors (Lipinski definition) is 2. The first kappa shape index (κ1) is 13.8. The Hall–Kier alpha value is -1.26. The predicted octanol–water partition coefficient (Wildman–Crippen LogP) is 1.78. The smallest absolute Gasteiger partial charge is 0.326 e. The van der Waals surface area contributed by atoms with Crippen molar-refractivity contribution in [3.8, 4) is 0 Å². The van der Waals surface area contributed by atoms with Gasteiger partial charge in [0.1, 0.15) is 6.04 Å². The van der Waals surface area contributed by atoms with Crippen LogP contribution in [0.4, 0.5) is 4.79 Å². The molecule has 1 rings (SSSR count). The van der Waals surface area contributed by atoms with Gasteiger partial charge in [-0.3, -0.25) is 0 Å². The van der Waals surface area contributed by atoms with E-state index in [9.17, 15) is 9.59 Å². The van der Waals surface area contributed by atoms with Crippen LogP contribution in [-0.2, 0) is 4.79 Å². The molecule has 1 N–H and O–H groups in total. The van der Waals surface area contributed by atoms with Crippen molar-refractivity contribution < 1.29 is 14.7 Å². The molecule has 0 aliphatic heterocycles. The molecule has 0 aromatic heterocycles. The van der Waals surface area contributed by atoms with Gasteiger partial charge in [-0.05, 0) is 25.7 Å². The van der Waals surface area contributed by atoms with Gasteiger partial charge in [-0.1, -0.05) is 13.8 Å². The molecule has 0 heterocycles. The fourth-order valence-corrected chi connectivity index (χ4v) is 2.01. The Morgan fingerprint density at radius 1 is 1.35 bits per heavy atom. The van der Waals surface area contributed by atoms with Gasteiger partial charge in [0.05, 0.1) is 0 Å². The van der Waals surface area contributed by atoms with Gasteiger partial charge in [-0.2, -0.15) is 0 Å². The van der Waals surface area contributed by atoms with Crippen LogP contribution in [0.25, 0.3) is 0 Å². The van der Waals surface area contributed by atoms with Crippen molar-refractivity contribution in [1.82, 2.24) is 9.80 Å². The van der Waals surface area contributed by atoms with Crippen molar-refractivity contribution in [3.05, 3.63) is 0 Å². The highest BCUT2D eigenvalue weighted by atomic mass is 16.4. The molecule has 1 unspecified atom stereocenters. The molecule has 1 atom stereocenters. The molecule has 0 aromatic carbocycles. The van der Waals surface area contributed by atoms with Crippen LogP contribution in [0.5, 0.6) is 0 Å². The second-order valence-corrected chi connectivity index (χ2v) is 4.58. The number of likely N-dealkylation sites (N-methyl/N-ethyl adjacent to an activating group) is 1. The van der Waals surface area contributed by atoms with Gasteiger partial charge in [0.15, 0.2) is 0 Å². The third-order valence-electron chi connectivity index (χ3n) is 3.14. The maximum Gasteiger partial charge on any atom is 0.326 e. The summed E-state index contributed by atoms with van der Waals surface area (Å²) in [5.41, 5.74) is 0. The average molecular weight is 242 g/mol. The summed E-state index contributed by atoms with van der Waals surface area (Å²) in [7, 11) is 1.58. The van der Waals surface area contributed by atoms with Crippen LogP contribution in [0.2, 0.25) is 0 Å². The summed E-state index contributed by atoms with van der Waals surface area (Å²) in [6.45, 7) is 4.52. The number of amides is 2. The van der Waals surface area contributed by atoms with E-state index in [2.05, 4.69) is 0 Å². The van der Waals surface area contributed by atoms with E-state index in [-0.39, 0.29) is 6.03 Å². The Morgan fingerprint density at radius 3 is 2.29 bits per heavy atom. The molecule has 1 aliphatic rings. The van der Waals surface area contributed by atoms with Crippen LogP contribution in [0.1, 0.15) is 39.5 Å². The van der Waals surface area contributed by atoms with Gasteiger partial charge in [0.2, 0.25) is 0 Å². The Labute approximate surface area is 102 Å². The summed E-state index contributed by atoms with van der Waals surface area (Å²) in [4.78, 5) is 26.4. The lowest BCUT2D eigenvalue weighted by atomic mass is 10.2. The van der Waals surface area contributed by atoms with E-state index in [1.54, 1.807) is 14.0 Å². The highest BCUT2D eigenvalue weighted by molar-refractivity contribution is 5.82. The maximum absolute atomic E-state index is 12.2.